The van der Waals surface area contributed by atoms with E-state index in [1.807, 2.05) is 17.7 Å². The molecule has 3 aromatic heterocycles. The molecule has 3 rings (SSSR count). The lowest BCUT2D eigenvalue weighted by molar-refractivity contribution is 0.974. The first-order chi connectivity index (χ1) is 8.75. The van der Waals surface area contributed by atoms with Gasteiger partial charge in [-0.2, -0.15) is 11.3 Å². The van der Waals surface area contributed by atoms with Gasteiger partial charge in [0.1, 0.15) is 18.5 Å². The van der Waals surface area contributed by atoms with Gasteiger partial charge in [-0.25, -0.2) is 4.98 Å². The fourth-order valence-electron chi connectivity index (χ4n) is 1.95. The van der Waals surface area contributed by atoms with Crippen LogP contribution >= 0.6 is 11.3 Å². The third-order valence-electron chi connectivity index (χ3n) is 2.88. The highest BCUT2D eigenvalue weighted by molar-refractivity contribution is 7.08. The van der Waals surface area contributed by atoms with E-state index in [1.54, 1.807) is 24.0 Å². The van der Waals surface area contributed by atoms with Gasteiger partial charge in [0, 0.05) is 11.8 Å². The molecule has 0 amide bonds. The third kappa shape index (κ3) is 1.82. The number of aryl methyl sites for hydroxylation is 2. The van der Waals surface area contributed by atoms with Crippen molar-refractivity contribution in [1.82, 2.24) is 19.7 Å². The molecule has 0 fully saturated rings. The van der Waals surface area contributed by atoms with E-state index in [4.69, 9.17) is 0 Å². The van der Waals surface area contributed by atoms with Crippen molar-refractivity contribution < 1.29 is 0 Å². The Balaban J connectivity index is 2.07. The Hall–Kier alpha value is -2.01. The molecule has 0 N–H and O–H groups in total. The van der Waals surface area contributed by atoms with Gasteiger partial charge >= 0.3 is 0 Å². The van der Waals surface area contributed by atoms with E-state index in [2.05, 4.69) is 38.9 Å². The molecule has 0 aliphatic carbocycles. The SMILES string of the molecule is Cc1cscc1-c1cnc(-n2cnnc2)c(C)c1. The summed E-state index contributed by atoms with van der Waals surface area (Å²) in [6.07, 6.45) is 5.22. The maximum atomic E-state index is 4.51. The van der Waals surface area contributed by atoms with Gasteiger partial charge in [0.25, 0.3) is 0 Å². The number of rotatable bonds is 2. The van der Waals surface area contributed by atoms with Crippen molar-refractivity contribution in [2.45, 2.75) is 13.8 Å². The summed E-state index contributed by atoms with van der Waals surface area (Å²) in [5.74, 6) is 0.872. The Kier molecular flexibility index (Phi) is 2.68. The molecule has 0 aliphatic heterocycles. The molecule has 0 saturated carbocycles. The number of hydrogen-bond acceptors (Lipinski definition) is 4. The highest BCUT2D eigenvalue weighted by Crippen LogP contribution is 2.27. The summed E-state index contributed by atoms with van der Waals surface area (Å²) in [7, 11) is 0. The predicted molar refractivity (Wildman–Crippen MR) is 71.9 cm³/mol. The average molecular weight is 256 g/mol. The van der Waals surface area contributed by atoms with Gasteiger partial charge in [0.2, 0.25) is 0 Å². The zero-order chi connectivity index (χ0) is 12.5. The van der Waals surface area contributed by atoms with Gasteiger partial charge in [-0.3, -0.25) is 4.57 Å². The molecule has 0 unspecified atom stereocenters. The molecular formula is C13H12N4S. The lowest BCUT2D eigenvalue weighted by atomic mass is 10.1. The Morgan fingerprint density at radius 3 is 2.44 bits per heavy atom. The van der Waals surface area contributed by atoms with E-state index in [1.165, 1.54) is 11.1 Å². The van der Waals surface area contributed by atoms with Gasteiger partial charge in [-0.15, -0.1) is 10.2 Å². The third-order valence-corrected chi connectivity index (χ3v) is 3.74. The van der Waals surface area contributed by atoms with Crippen LogP contribution in [0.25, 0.3) is 16.9 Å². The molecule has 0 aliphatic rings. The molecule has 0 atom stereocenters. The summed E-state index contributed by atoms with van der Waals surface area (Å²) in [6, 6.07) is 2.15. The van der Waals surface area contributed by atoms with Crippen LogP contribution in [0.2, 0.25) is 0 Å². The van der Waals surface area contributed by atoms with Crippen LogP contribution in [0.5, 0.6) is 0 Å². The number of pyridine rings is 1. The zero-order valence-corrected chi connectivity index (χ0v) is 11.0. The maximum Gasteiger partial charge on any atom is 0.142 e. The van der Waals surface area contributed by atoms with E-state index in [0.717, 1.165) is 16.9 Å². The first kappa shape index (κ1) is 11.1. The second kappa shape index (κ2) is 4.34. The first-order valence-corrected chi connectivity index (χ1v) is 6.55. The van der Waals surface area contributed by atoms with Crippen LogP contribution in [0, 0.1) is 13.8 Å². The Morgan fingerprint density at radius 1 is 1.06 bits per heavy atom. The summed E-state index contributed by atoms with van der Waals surface area (Å²) in [5.41, 5.74) is 4.81. The second-order valence-electron chi connectivity index (χ2n) is 4.20. The van der Waals surface area contributed by atoms with Crippen molar-refractivity contribution in [2.75, 3.05) is 0 Å². The van der Waals surface area contributed by atoms with E-state index in [9.17, 15) is 0 Å². The van der Waals surface area contributed by atoms with Crippen molar-refractivity contribution in [3.63, 3.8) is 0 Å². The summed E-state index contributed by atoms with van der Waals surface area (Å²) >= 11 is 1.72. The summed E-state index contributed by atoms with van der Waals surface area (Å²) < 4.78 is 1.82. The van der Waals surface area contributed by atoms with Crippen molar-refractivity contribution in [3.05, 3.63) is 46.8 Å². The molecule has 0 spiro atoms. The van der Waals surface area contributed by atoms with Crippen molar-refractivity contribution in [1.29, 1.82) is 0 Å². The molecule has 18 heavy (non-hydrogen) atoms. The van der Waals surface area contributed by atoms with Crippen molar-refractivity contribution >= 4 is 11.3 Å². The molecule has 0 saturated heterocycles. The molecular weight excluding hydrogens is 244 g/mol. The maximum absolute atomic E-state index is 4.51. The number of hydrogen-bond donors (Lipinski definition) is 0. The molecule has 0 bridgehead atoms. The van der Waals surface area contributed by atoms with Crippen LogP contribution in [0.4, 0.5) is 0 Å². The molecule has 3 aromatic rings. The second-order valence-corrected chi connectivity index (χ2v) is 4.95. The fraction of sp³-hybridized carbons (Fsp3) is 0.154. The lowest BCUT2D eigenvalue weighted by Gasteiger charge is -2.07. The molecule has 0 aromatic carbocycles. The van der Waals surface area contributed by atoms with E-state index in [0.29, 0.717) is 0 Å². The fourth-order valence-corrected chi connectivity index (χ4v) is 2.81. The molecule has 3 heterocycles. The normalized spacial score (nSPS) is 10.8. The smallest absolute Gasteiger partial charge is 0.142 e. The molecule has 5 heteroatoms. The van der Waals surface area contributed by atoms with E-state index < -0.39 is 0 Å². The Labute approximate surface area is 109 Å². The first-order valence-electron chi connectivity index (χ1n) is 5.60. The summed E-state index contributed by atoms with van der Waals surface area (Å²) in [6.45, 7) is 4.17. The topological polar surface area (TPSA) is 43.6 Å². The largest absolute Gasteiger partial charge is 0.272 e. The van der Waals surface area contributed by atoms with Crippen molar-refractivity contribution in [3.8, 4) is 16.9 Å². The van der Waals surface area contributed by atoms with E-state index >= 15 is 0 Å². The molecule has 4 nitrogen and oxygen atoms in total. The Bertz CT molecular complexity index is 670. The van der Waals surface area contributed by atoms with Crippen molar-refractivity contribution in [2.24, 2.45) is 0 Å². The van der Waals surface area contributed by atoms with Crippen LogP contribution in [0.3, 0.4) is 0 Å². The van der Waals surface area contributed by atoms with E-state index in [-0.39, 0.29) is 0 Å². The number of thiophene rings is 1. The highest BCUT2D eigenvalue weighted by Gasteiger charge is 2.07. The summed E-state index contributed by atoms with van der Waals surface area (Å²) in [4.78, 5) is 4.51. The van der Waals surface area contributed by atoms with Gasteiger partial charge < -0.3 is 0 Å². The van der Waals surface area contributed by atoms with Crippen LogP contribution in [0.15, 0.2) is 35.7 Å². The minimum atomic E-state index is 0.872. The molecule has 0 radical (unpaired) electrons. The number of aromatic nitrogens is 4. The predicted octanol–water partition coefficient (Wildman–Crippen LogP) is 3.01. The van der Waals surface area contributed by atoms with Crippen LogP contribution in [0.1, 0.15) is 11.1 Å². The Morgan fingerprint density at radius 2 is 1.83 bits per heavy atom. The standard InChI is InChI=1S/C13H12N4S/c1-9-3-11(12-6-18-5-10(12)2)4-14-13(9)17-7-15-16-8-17/h3-8H,1-2H3. The van der Waals surface area contributed by atoms with Crippen LogP contribution in [-0.4, -0.2) is 19.7 Å². The zero-order valence-electron chi connectivity index (χ0n) is 10.2. The lowest BCUT2D eigenvalue weighted by Crippen LogP contribution is -1.98. The van der Waals surface area contributed by atoms with Gasteiger partial charge in [0.05, 0.1) is 0 Å². The summed E-state index contributed by atoms with van der Waals surface area (Å²) in [5, 5.41) is 11.9. The van der Waals surface area contributed by atoms with Gasteiger partial charge in [-0.05, 0) is 47.4 Å². The minimum Gasteiger partial charge on any atom is -0.272 e. The van der Waals surface area contributed by atoms with Crippen LogP contribution in [-0.2, 0) is 0 Å². The monoisotopic (exact) mass is 256 g/mol. The minimum absolute atomic E-state index is 0.872. The average Bonchev–Trinajstić information content (AvgIpc) is 2.99. The van der Waals surface area contributed by atoms with Crippen LogP contribution < -0.4 is 0 Å². The van der Waals surface area contributed by atoms with Gasteiger partial charge in [0.15, 0.2) is 0 Å². The molecule has 90 valence electrons. The highest BCUT2D eigenvalue weighted by atomic mass is 32.1. The number of nitrogens with zero attached hydrogens (tertiary/aromatic N) is 4. The van der Waals surface area contributed by atoms with Gasteiger partial charge in [-0.1, -0.05) is 0 Å². The quantitative estimate of drug-likeness (QED) is 0.708.